The van der Waals surface area contributed by atoms with Crippen LogP contribution >= 0.6 is 11.6 Å². The standard InChI is InChI=1S/C12H19ClN2O2S/c1-4-6-15(5-2)18(16,17)12-8-11(14)9(3)7-10(12)13/h7-8H,4-6,14H2,1-3H3. The molecule has 0 bridgehead atoms. The molecule has 102 valence electrons. The topological polar surface area (TPSA) is 63.4 Å². The summed E-state index contributed by atoms with van der Waals surface area (Å²) in [7, 11) is -3.56. The maximum Gasteiger partial charge on any atom is 0.244 e. The van der Waals surface area contributed by atoms with Gasteiger partial charge in [0.2, 0.25) is 10.0 Å². The average molecular weight is 291 g/mol. The normalized spacial score (nSPS) is 12.1. The van der Waals surface area contributed by atoms with E-state index in [9.17, 15) is 8.42 Å². The number of anilines is 1. The molecule has 1 rings (SSSR count). The van der Waals surface area contributed by atoms with Gasteiger partial charge in [0.15, 0.2) is 0 Å². The predicted octanol–water partition coefficient (Wildman–Crippen LogP) is 2.65. The molecular weight excluding hydrogens is 272 g/mol. The van der Waals surface area contributed by atoms with Gasteiger partial charge in [-0.1, -0.05) is 25.4 Å². The number of rotatable bonds is 5. The highest BCUT2D eigenvalue weighted by Crippen LogP contribution is 2.29. The average Bonchev–Trinajstić information content (AvgIpc) is 2.30. The molecule has 0 aliphatic heterocycles. The van der Waals surface area contributed by atoms with Crippen molar-refractivity contribution in [2.45, 2.75) is 32.1 Å². The van der Waals surface area contributed by atoms with Crippen LogP contribution in [0.15, 0.2) is 17.0 Å². The minimum atomic E-state index is -3.56. The number of aryl methyl sites for hydroxylation is 1. The van der Waals surface area contributed by atoms with Gasteiger partial charge in [-0.05, 0) is 31.0 Å². The highest BCUT2D eigenvalue weighted by molar-refractivity contribution is 7.89. The molecule has 0 unspecified atom stereocenters. The molecule has 0 amide bonds. The first-order valence-electron chi connectivity index (χ1n) is 5.90. The molecule has 6 heteroatoms. The van der Waals surface area contributed by atoms with Crippen LogP contribution in [0.2, 0.25) is 5.02 Å². The van der Waals surface area contributed by atoms with Gasteiger partial charge >= 0.3 is 0 Å². The number of nitrogens with two attached hydrogens (primary N) is 1. The Morgan fingerprint density at radius 2 is 1.94 bits per heavy atom. The summed E-state index contributed by atoms with van der Waals surface area (Å²) in [6.45, 7) is 6.42. The molecule has 0 spiro atoms. The van der Waals surface area contributed by atoms with E-state index in [2.05, 4.69) is 0 Å². The Hall–Kier alpha value is -0.780. The maximum absolute atomic E-state index is 12.4. The Morgan fingerprint density at radius 1 is 1.33 bits per heavy atom. The predicted molar refractivity (Wildman–Crippen MR) is 75.3 cm³/mol. The molecule has 0 heterocycles. The van der Waals surface area contributed by atoms with E-state index in [-0.39, 0.29) is 9.92 Å². The quantitative estimate of drug-likeness (QED) is 0.848. The maximum atomic E-state index is 12.4. The third-order valence-corrected chi connectivity index (χ3v) is 5.20. The summed E-state index contributed by atoms with van der Waals surface area (Å²) in [4.78, 5) is 0.0857. The lowest BCUT2D eigenvalue weighted by atomic mass is 10.2. The van der Waals surface area contributed by atoms with Crippen LogP contribution in [0.25, 0.3) is 0 Å². The van der Waals surface area contributed by atoms with Crippen molar-refractivity contribution in [3.8, 4) is 0 Å². The number of hydrogen-bond donors (Lipinski definition) is 1. The Labute approximate surface area is 114 Å². The minimum Gasteiger partial charge on any atom is -0.398 e. The van der Waals surface area contributed by atoms with E-state index in [1.54, 1.807) is 19.9 Å². The molecule has 1 aromatic carbocycles. The van der Waals surface area contributed by atoms with Crippen molar-refractivity contribution in [2.24, 2.45) is 0 Å². The van der Waals surface area contributed by atoms with E-state index < -0.39 is 10.0 Å². The van der Waals surface area contributed by atoms with Crippen LogP contribution in [-0.2, 0) is 10.0 Å². The van der Waals surface area contributed by atoms with Gasteiger partial charge in [0.25, 0.3) is 0 Å². The molecule has 0 saturated heterocycles. The third-order valence-electron chi connectivity index (χ3n) is 2.76. The highest BCUT2D eigenvalue weighted by atomic mass is 35.5. The van der Waals surface area contributed by atoms with Crippen molar-refractivity contribution in [1.29, 1.82) is 0 Å². The first-order chi connectivity index (χ1) is 8.34. The monoisotopic (exact) mass is 290 g/mol. The Balaban J connectivity index is 3.32. The van der Waals surface area contributed by atoms with Gasteiger partial charge < -0.3 is 5.73 Å². The fourth-order valence-corrected chi connectivity index (χ4v) is 3.84. The van der Waals surface area contributed by atoms with Crippen LogP contribution in [0.5, 0.6) is 0 Å². The van der Waals surface area contributed by atoms with Crippen LogP contribution in [0.3, 0.4) is 0 Å². The molecular formula is C12H19ClN2O2S. The van der Waals surface area contributed by atoms with E-state index in [1.165, 1.54) is 10.4 Å². The summed E-state index contributed by atoms with van der Waals surface area (Å²) in [6, 6.07) is 3.02. The molecule has 0 radical (unpaired) electrons. The molecule has 0 saturated carbocycles. The highest BCUT2D eigenvalue weighted by Gasteiger charge is 2.25. The molecule has 0 fully saturated rings. The van der Waals surface area contributed by atoms with Gasteiger partial charge in [0.1, 0.15) is 4.90 Å². The van der Waals surface area contributed by atoms with Crippen molar-refractivity contribution in [3.63, 3.8) is 0 Å². The van der Waals surface area contributed by atoms with Crippen molar-refractivity contribution < 1.29 is 8.42 Å². The number of halogens is 1. The zero-order valence-corrected chi connectivity index (χ0v) is 12.5. The molecule has 0 aliphatic rings. The van der Waals surface area contributed by atoms with Gasteiger partial charge in [-0.2, -0.15) is 4.31 Å². The summed E-state index contributed by atoms with van der Waals surface area (Å²) in [5.74, 6) is 0. The summed E-state index contributed by atoms with van der Waals surface area (Å²) < 4.78 is 26.3. The Bertz CT molecular complexity index is 529. The Morgan fingerprint density at radius 3 is 2.44 bits per heavy atom. The minimum absolute atomic E-state index is 0.0857. The molecule has 0 atom stereocenters. The molecule has 1 aromatic rings. The van der Waals surface area contributed by atoms with E-state index >= 15 is 0 Å². The zero-order valence-electron chi connectivity index (χ0n) is 10.9. The van der Waals surface area contributed by atoms with Crippen LogP contribution in [0.1, 0.15) is 25.8 Å². The SMILES string of the molecule is CCCN(CC)S(=O)(=O)c1cc(N)c(C)cc1Cl. The second kappa shape index (κ2) is 5.91. The summed E-state index contributed by atoms with van der Waals surface area (Å²) in [6.07, 6.45) is 0.756. The Kier molecular flexibility index (Phi) is 5.01. The summed E-state index contributed by atoms with van der Waals surface area (Å²) in [5, 5.41) is 0.219. The van der Waals surface area contributed by atoms with E-state index in [0.717, 1.165) is 12.0 Å². The van der Waals surface area contributed by atoms with Crippen molar-refractivity contribution in [3.05, 3.63) is 22.7 Å². The fraction of sp³-hybridized carbons (Fsp3) is 0.500. The van der Waals surface area contributed by atoms with Gasteiger partial charge in [-0.25, -0.2) is 8.42 Å². The third kappa shape index (κ3) is 2.96. The number of sulfonamides is 1. The lowest BCUT2D eigenvalue weighted by molar-refractivity contribution is 0.427. The first kappa shape index (κ1) is 15.3. The lowest BCUT2D eigenvalue weighted by Crippen LogP contribution is -2.31. The van der Waals surface area contributed by atoms with Crippen LogP contribution < -0.4 is 5.73 Å². The van der Waals surface area contributed by atoms with Crippen LogP contribution in [-0.4, -0.2) is 25.8 Å². The molecule has 4 nitrogen and oxygen atoms in total. The van der Waals surface area contributed by atoms with Crippen molar-refractivity contribution in [1.82, 2.24) is 4.31 Å². The fourth-order valence-electron chi connectivity index (χ4n) is 1.70. The van der Waals surface area contributed by atoms with Crippen molar-refractivity contribution >= 4 is 27.3 Å². The first-order valence-corrected chi connectivity index (χ1v) is 7.72. The largest absolute Gasteiger partial charge is 0.398 e. The lowest BCUT2D eigenvalue weighted by Gasteiger charge is -2.21. The van der Waals surface area contributed by atoms with Crippen LogP contribution in [0, 0.1) is 6.92 Å². The molecule has 0 aromatic heterocycles. The van der Waals surface area contributed by atoms with Gasteiger partial charge in [-0.3, -0.25) is 0 Å². The van der Waals surface area contributed by atoms with Gasteiger partial charge in [-0.15, -0.1) is 0 Å². The second-order valence-electron chi connectivity index (χ2n) is 4.14. The number of benzene rings is 1. The summed E-state index contributed by atoms with van der Waals surface area (Å²) in [5.41, 5.74) is 6.97. The number of hydrogen-bond acceptors (Lipinski definition) is 3. The summed E-state index contributed by atoms with van der Waals surface area (Å²) >= 11 is 6.03. The molecule has 2 N–H and O–H groups in total. The number of nitrogens with zero attached hydrogens (tertiary/aromatic N) is 1. The van der Waals surface area contributed by atoms with Gasteiger partial charge in [0, 0.05) is 18.8 Å². The number of nitrogen functional groups attached to an aromatic ring is 1. The smallest absolute Gasteiger partial charge is 0.244 e. The molecule has 18 heavy (non-hydrogen) atoms. The second-order valence-corrected chi connectivity index (χ2v) is 6.45. The van der Waals surface area contributed by atoms with Gasteiger partial charge in [0.05, 0.1) is 5.02 Å². The molecule has 0 aliphatic carbocycles. The van der Waals surface area contributed by atoms with E-state index in [0.29, 0.717) is 18.8 Å². The van der Waals surface area contributed by atoms with Crippen LogP contribution in [0.4, 0.5) is 5.69 Å². The van der Waals surface area contributed by atoms with E-state index in [1.807, 2.05) is 6.92 Å². The zero-order chi connectivity index (χ0) is 13.9. The van der Waals surface area contributed by atoms with E-state index in [4.69, 9.17) is 17.3 Å². The van der Waals surface area contributed by atoms with Crippen molar-refractivity contribution in [2.75, 3.05) is 18.8 Å².